The standard InChI is InChI=1S/C29H36N6O3S.CH4/c1-4-5-8-13-31-26(36)18-34(19-27(37)33(3)35-16-22-9-6-7-10-23(22)17-35)24-12-11-21(14-20(24)2)29-32-15-25(39-29)28(30)38;/h6-7,9-12,14-15H,4-5,8,13,16-19H2,1-3H3,(H2,30,38)(H,31,36);1H4. The Labute approximate surface area is 241 Å². The van der Waals surface area contributed by atoms with Gasteiger partial charge in [-0.15, -0.1) is 11.3 Å². The summed E-state index contributed by atoms with van der Waals surface area (Å²) in [5.74, 6) is -0.729. The van der Waals surface area contributed by atoms with Crippen LogP contribution < -0.4 is 16.0 Å². The molecule has 4 rings (SSSR count). The number of hydrogen-bond donors (Lipinski definition) is 2. The number of amides is 3. The summed E-state index contributed by atoms with van der Waals surface area (Å²) in [5, 5.41) is 7.35. The van der Waals surface area contributed by atoms with E-state index in [0.29, 0.717) is 29.5 Å². The molecule has 0 atom stereocenters. The van der Waals surface area contributed by atoms with Crippen molar-refractivity contribution in [2.24, 2.45) is 5.73 Å². The highest BCUT2D eigenvalue weighted by molar-refractivity contribution is 7.16. The van der Waals surface area contributed by atoms with Crippen LogP contribution in [0.2, 0.25) is 0 Å². The zero-order valence-corrected chi connectivity index (χ0v) is 23.6. The van der Waals surface area contributed by atoms with E-state index < -0.39 is 5.91 Å². The first-order valence-corrected chi connectivity index (χ1v) is 14.0. The molecule has 1 aliphatic heterocycles. The van der Waals surface area contributed by atoms with Crippen LogP contribution in [0.4, 0.5) is 5.69 Å². The molecule has 9 nitrogen and oxygen atoms in total. The van der Waals surface area contributed by atoms with E-state index >= 15 is 0 Å². The normalized spacial score (nSPS) is 12.4. The van der Waals surface area contributed by atoms with Gasteiger partial charge in [0.05, 0.1) is 19.3 Å². The van der Waals surface area contributed by atoms with Crippen LogP contribution in [-0.2, 0) is 22.7 Å². The van der Waals surface area contributed by atoms with Crippen LogP contribution in [-0.4, -0.2) is 59.4 Å². The fraction of sp³-hybridized carbons (Fsp3) is 0.400. The number of aryl methyl sites for hydroxylation is 1. The van der Waals surface area contributed by atoms with E-state index in [1.165, 1.54) is 28.7 Å². The van der Waals surface area contributed by atoms with Gasteiger partial charge in [-0.05, 0) is 48.2 Å². The fourth-order valence-corrected chi connectivity index (χ4v) is 5.44. The van der Waals surface area contributed by atoms with Crippen LogP contribution in [0.25, 0.3) is 10.6 Å². The van der Waals surface area contributed by atoms with Crippen molar-refractivity contribution in [3.63, 3.8) is 0 Å². The van der Waals surface area contributed by atoms with Gasteiger partial charge in [-0.2, -0.15) is 0 Å². The molecule has 2 heterocycles. The third-order valence-corrected chi connectivity index (χ3v) is 7.97. The molecule has 3 N–H and O–H groups in total. The van der Waals surface area contributed by atoms with E-state index in [0.717, 1.165) is 36.1 Å². The summed E-state index contributed by atoms with van der Waals surface area (Å²) in [4.78, 5) is 44.4. The molecule has 40 heavy (non-hydrogen) atoms. The average Bonchev–Trinajstić information content (AvgIpc) is 3.58. The lowest BCUT2D eigenvalue weighted by molar-refractivity contribution is -0.145. The molecule has 0 spiro atoms. The lowest BCUT2D eigenvalue weighted by Gasteiger charge is -2.32. The van der Waals surface area contributed by atoms with Gasteiger partial charge in [0.15, 0.2) is 0 Å². The second kappa shape index (κ2) is 14.0. The van der Waals surface area contributed by atoms with Crippen LogP contribution in [0.5, 0.6) is 0 Å². The van der Waals surface area contributed by atoms with E-state index in [1.54, 1.807) is 12.1 Å². The van der Waals surface area contributed by atoms with Gasteiger partial charge in [-0.1, -0.05) is 51.5 Å². The van der Waals surface area contributed by atoms with Gasteiger partial charge in [0, 0.05) is 37.9 Å². The predicted molar refractivity (Wildman–Crippen MR) is 161 cm³/mol. The van der Waals surface area contributed by atoms with E-state index in [9.17, 15) is 14.4 Å². The number of aromatic nitrogens is 1. The highest BCUT2D eigenvalue weighted by Gasteiger charge is 2.27. The number of benzene rings is 2. The molecule has 2 aromatic carbocycles. The third kappa shape index (κ3) is 7.45. The van der Waals surface area contributed by atoms with Crippen molar-refractivity contribution in [3.8, 4) is 10.6 Å². The summed E-state index contributed by atoms with van der Waals surface area (Å²) in [5.41, 5.74) is 10.3. The molecule has 3 amide bonds. The Bertz CT molecular complexity index is 1320. The second-order valence-corrected chi connectivity index (χ2v) is 10.8. The van der Waals surface area contributed by atoms with E-state index in [4.69, 9.17) is 5.73 Å². The quantitative estimate of drug-likeness (QED) is 0.316. The molecule has 0 radical (unpaired) electrons. The van der Waals surface area contributed by atoms with Crippen LogP contribution in [0.1, 0.15) is 60.0 Å². The number of hydrazine groups is 1. The molecule has 10 heteroatoms. The largest absolute Gasteiger partial charge is 0.365 e. The molecule has 0 aliphatic carbocycles. The maximum absolute atomic E-state index is 13.5. The van der Waals surface area contributed by atoms with Crippen molar-refractivity contribution in [2.45, 2.75) is 53.6 Å². The average molecular weight is 565 g/mol. The summed E-state index contributed by atoms with van der Waals surface area (Å²) < 4.78 is 0. The van der Waals surface area contributed by atoms with Gasteiger partial charge in [-0.25, -0.2) is 9.99 Å². The zero-order chi connectivity index (χ0) is 27.9. The minimum absolute atomic E-state index is 0. The number of rotatable bonds is 12. The Hall–Kier alpha value is -3.76. The molecule has 1 aromatic heterocycles. The maximum atomic E-state index is 13.5. The van der Waals surface area contributed by atoms with Gasteiger partial charge in [0.2, 0.25) is 5.91 Å². The number of thiazole rings is 1. The molecular formula is C30H40N6O3S. The first-order chi connectivity index (χ1) is 18.8. The molecule has 0 saturated carbocycles. The number of fused-ring (bicyclic) bond motifs is 1. The van der Waals surface area contributed by atoms with Crippen molar-refractivity contribution in [2.75, 3.05) is 31.6 Å². The summed E-state index contributed by atoms with van der Waals surface area (Å²) in [7, 11) is 1.78. The Kier molecular flexibility index (Phi) is 10.8. The molecule has 214 valence electrons. The highest BCUT2D eigenvalue weighted by atomic mass is 32.1. The lowest BCUT2D eigenvalue weighted by atomic mass is 10.1. The van der Waals surface area contributed by atoms with Gasteiger partial charge in [-0.3, -0.25) is 19.4 Å². The van der Waals surface area contributed by atoms with Gasteiger partial charge < -0.3 is 16.0 Å². The summed E-state index contributed by atoms with van der Waals surface area (Å²) in [6, 6.07) is 13.9. The number of nitrogens with one attached hydrogen (secondary N) is 1. The fourth-order valence-electron chi connectivity index (χ4n) is 4.67. The number of nitrogens with two attached hydrogens (primary N) is 1. The topological polar surface area (TPSA) is 112 Å². The lowest BCUT2D eigenvalue weighted by Crippen LogP contribution is -2.48. The number of unbranched alkanes of at least 4 members (excludes halogenated alkanes) is 2. The summed E-state index contributed by atoms with van der Waals surface area (Å²) in [6.07, 6.45) is 4.54. The van der Waals surface area contributed by atoms with E-state index in [2.05, 4.69) is 29.4 Å². The molecule has 0 fully saturated rings. The second-order valence-electron chi connectivity index (χ2n) is 9.82. The van der Waals surface area contributed by atoms with Gasteiger partial charge >= 0.3 is 0 Å². The minimum atomic E-state index is -0.507. The predicted octanol–water partition coefficient (Wildman–Crippen LogP) is 4.36. The highest BCUT2D eigenvalue weighted by Crippen LogP contribution is 2.30. The minimum Gasteiger partial charge on any atom is -0.365 e. The molecule has 1 aliphatic rings. The molecule has 0 saturated heterocycles. The van der Waals surface area contributed by atoms with Crippen LogP contribution in [0, 0.1) is 6.92 Å². The number of hydrogen-bond acceptors (Lipinski definition) is 7. The number of carbonyl (C=O) groups excluding carboxylic acids is 3. The van der Waals surface area contributed by atoms with Crippen molar-refractivity contribution in [1.29, 1.82) is 0 Å². The zero-order valence-electron chi connectivity index (χ0n) is 22.8. The van der Waals surface area contributed by atoms with Crippen molar-refractivity contribution < 1.29 is 14.4 Å². The molecule has 0 unspecified atom stereocenters. The smallest absolute Gasteiger partial charge is 0.260 e. The van der Waals surface area contributed by atoms with Crippen LogP contribution in [0.3, 0.4) is 0 Å². The Balaban J connectivity index is 0.00000441. The molecule has 3 aromatic rings. The van der Waals surface area contributed by atoms with Crippen molar-refractivity contribution in [3.05, 3.63) is 70.2 Å². The molecule has 0 bridgehead atoms. The van der Waals surface area contributed by atoms with Gasteiger partial charge in [0.25, 0.3) is 11.8 Å². The van der Waals surface area contributed by atoms with E-state index in [1.807, 2.05) is 47.2 Å². The number of carbonyl (C=O) groups is 3. The van der Waals surface area contributed by atoms with Crippen LogP contribution >= 0.6 is 11.3 Å². The Morgan fingerprint density at radius 3 is 2.38 bits per heavy atom. The molecular weight excluding hydrogens is 524 g/mol. The summed E-state index contributed by atoms with van der Waals surface area (Å²) >= 11 is 1.23. The third-order valence-electron chi connectivity index (χ3n) is 6.91. The first-order valence-electron chi connectivity index (χ1n) is 13.2. The monoisotopic (exact) mass is 564 g/mol. The Morgan fingerprint density at radius 2 is 1.77 bits per heavy atom. The van der Waals surface area contributed by atoms with E-state index in [-0.39, 0.29) is 32.3 Å². The first kappa shape index (κ1) is 30.8. The SMILES string of the molecule is C.CCCCCNC(=O)CN(CC(=O)N(C)N1Cc2ccccc2C1)c1ccc(-c2ncc(C(N)=O)s2)cc1C. The van der Waals surface area contributed by atoms with Crippen molar-refractivity contribution in [1.82, 2.24) is 20.3 Å². The number of anilines is 1. The summed E-state index contributed by atoms with van der Waals surface area (Å²) in [6.45, 7) is 6.14. The maximum Gasteiger partial charge on any atom is 0.260 e. The number of nitrogens with zero attached hydrogens (tertiary/aromatic N) is 4. The number of likely N-dealkylation sites (N-methyl/N-ethyl adjacent to an activating group) is 1. The van der Waals surface area contributed by atoms with Gasteiger partial charge in [0.1, 0.15) is 9.88 Å². The number of primary amides is 1. The Morgan fingerprint density at radius 1 is 1.07 bits per heavy atom. The van der Waals surface area contributed by atoms with Crippen LogP contribution in [0.15, 0.2) is 48.7 Å². The van der Waals surface area contributed by atoms with Crippen molar-refractivity contribution >= 4 is 34.7 Å².